The second-order valence-electron chi connectivity index (χ2n) is 12.0. The van der Waals surface area contributed by atoms with E-state index in [9.17, 15) is 38.4 Å². The van der Waals surface area contributed by atoms with Gasteiger partial charge in [-0.15, -0.1) is 0 Å². The van der Waals surface area contributed by atoms with E-state index in [-0.39, 0.29) is 0 Å². The Balaban J connectivity index is 1.89. The topological polar surface area (TPSA) is 234 Å². The summed E-state index contributed by atoms with van der Waals surface area (Å²) in [6, 6.07) is 5.09. The average Bonchev–Trinajstić information content (AvgIpc) is 3.37. The van der Waals surface area contributed by atoms with Gasteiger partial charge in [-0.3, -0.25) is 9.59 Å². The van der Waals surface area contributed by atoms with Crippen LogP contribution in [0, 0.1) is 0 Å². The Morgan fingerprint density at radius 1 is 0.630 bits per heavy atom. The molecule has 19 nitrogen and oxygen atoms in total. The number of hydrogen-bond acceptors (Lipinski definition) is 18. The van der Waals surface area contributed by atoms with Gasteiger partial charge >= 0.3 is 299 Å². The number of fused-ring (bicyclic) bond motifs is 1. The van der Waals surface area contributed by atoms with Crippen molar-refractivity contribution in [3.63, 3.8) is 0 Å². The predicted octanol–water partition coefficient (Wildman–Crippen LogP) is 0.613. The van der Waals surface area contributed by atoms with Crippen molar-refractivity contribution in [1.29, 1.82) is 0 Å². The molecule has 2 fully saturated rings. The van der Waals surface area contributed by atoms with Gasteiger partial charge in [-0.1, -0.05) is 0 Å². The summed E-state index contributed by atoms with van der Waals surface area (Å²) in [5.41, 5.74) is -0.500. The van der Waals surface area contributed by atoms with Crippen LogP contribution in [0.2, 0.25) is 0 Å². The molecular weight excluding hydrogens is 857 g/mol. The first-order valence-corrected chi connectivity index (χ1v) is 18.7. The molecule has 0 spiro atoms. The van der Waals surface area contributed by atoms with Crippen molar-refractivity contribution in [1.82, 2.24) is 3.56 Å². The Bertz CT molecular complexity index is 1830. The van der Waals surface area contributed by atoms with E-state index in [0.29, 0.717) is 14.1 Å². The maximum absolute atomic E-state index is 13.8. The van der Waals surface area contributed by atoms with Gasteiger partial charge < -0.3 is 0 Å². The zero-order valence-corrected chi connectivity index (χ0v) is 33.3. The van der Waals surface area contributed by atoms with E-state index >= 15 is 0 Å². The molecule has 2 aromatic rings. The van der Waals surface area contributed by atoms with Crippen LogP contribution >= 0.6 is 15.9 Å². The molecule has 0 saturated carbocycles. The van der Waals surface area contributed by atoms with Crippen molar-refractivity contribution in [2.45, 2.75) is 110 Å². The molecule has 296 valence electrons. The van der Waals surface area contributed by atoms with Gasteiger partial charge in [0.2, 0.25) is 0 Å². The maximum atomic E-state index is 13.8. The Morgan fingerprint density at radius 2 is 1.09 bits per heavy atom. The summed E-state index contributed by atoms with van der Waals surface area (Å²) >= 11 is 2.60. The molecule has 0 aliphatic carbocycles. The summed E-state index contributed by atoms with van der Waals surface area (Å²) in [6.07, 6.45) is -15.9. The Hall–Kier alpha value is -4.14. The summed E-state index contributed by atoms with van der Waals surface area (Å²) in [4.78, 5) is 100. The van der Waals surface area contributed by atoms with Crippen LogP contribution < -0.4 is 5.56 Å². The number of nitrogens with zero attached hydrogens (tertiary/aromatic N) is 1. The van der Waals surface area contributed by atoms with Crippen LogP contribution in [0.3, 0.4) is 0 Å². The van der Waals surface area contributed by atoms with Crippen LogP contribution in [0.1, 0.15) is 54.7 Å². The third-order valence-corrected chi connectivity index (χ3v) is 10.6. The molecule has 0 bridgehead atoms. The second-order valence-corrected chi connectivity index (χ2v) is 15.1. The summed E-state index contributed by atoms with van der Waals surface area (Å²) in [7, 11) is 0. The number of hydrogen-bond donors (Lipinski definition) is 0. The molecule has 2 aliphatic rings. The standard InChI is InChI=1S/C33H38BrNO18Se/c1-13(36)44-11-22-26(53-33-30(50-19(7)42)28(48-17(5)40)25(46-15(3)38)23(52-33)12-45-14(2)37)27(47-16(4)39)29(49-18(6)41)32(51-22)35-31(43)21-10-20(34)8-9-24(21)54-35/h8-10,22-23,25-30,32-33H,11-12H2,1-7H3/t22-,23+,25-,26+,27+,28-,29-,30+,32-,33?/m0/s1. The molecule has 1 aromatic heterocycles. The van der Waals surface area contributed by atoms with E-state index in [0.717, 1.165) is 48.5 Å². The first kappa shape index (κ1) is 42.6. The summed E-state index contributed by atoms with van der Waals surface area (Å²) in [6.45, 7) is 6.28. The Labute approximate surface area is 321 Å². The first-order chi connectivity index (χ1) is 25.4. The van der Waals surface area contributed by atoms with Crippen LogP contribution in [-0.4, -0.2) is 128 Å². The number of benzene rings is 1. The number of rotatable bonds is 12. The fraction of sp³-hybridized carbons (Fsp3) is 0.576. The van der Waals surface area contributed by atoms with Gasteiger partial charge in [0.05, 0.1) is 0 Å². The van der Waals surface area contributed by atoms with Crippen molar-refractivity contribution in [2.75, 3.05) is 13.2 Å². The molecule has 2 saturated heterocycles. The molecule has 10 atom stereocenters. The van der Waals surface area contributed by atoms with Gasteiger partial charge in [-0.2, -0.15) is 0 Å². The monoisotopic (exact) mass is 895 g/mol. The van der Waals surface area contributed by atoms with Gasteiger partial charge in [0, 0.05) is 13.8 Å². The zero-order valence-electron chi connectivity index (χ0n) is 30.0. The third-order valence-electron chi connectivity index (χ3n) is 7.70. The van der Waals surface area contributed by atoms with E-state index in [1.54, 1.807) is 18.2 Å². The summed E-state index contributed by atoms with van der Waals surface area (Å²) in [5.74, 6) is -5.99. The molecule has 21 heteroatoms. The molecule has 2 aliphatic heterocycles. The van der Waals surface area contributed by atoms with Crippen LogP contribution in [-0.2, 0) is 80.9 Å². The van der Waals surface area contributed by atoms with Gasteiger partial charge in [0.1, 0.15) is 0 Å². The fourth-order valence-electron chi connectivity index (χ4n) is 5.86. The van der Waals surface area contributed by atoms with E-state index in [2.05, 4.69) is 15.9 Å². The average molecular weight is 896 g/mol. The van der Waals surface area contributed by atoms with Gasteiger partial charge in [0.15, 0.2) is 0 Å². The van der Waals surface area contributed by atoms with Crippen molar-refractivity contribution < 1.29 is 80.9 Å². The molecular formula is C33H38BrNO18Se. The van der Waals surface area contributed by atoms with Crippen LogP contribution in [0.15, 0.2) is 27.5 Å². The van der Waals surface area contributed by atoms with E-state index < -0.39 is 137 Å². The van der Waals surface area contributed by atoms with Gasteiger partial charge in [-0.25, -0.2) is 0 Å². The minimum absolute atomic E-state index is 0.339. The number of carbonyl (C=O) groups excluding carboxylic acids is 7. The number of halogens is 1. The summed E-state index contributed by atoms with van der Waals surface area (Å²) < 4.78 is 59.6. The van der Waals surface area contributed by atoms with Gasteiger partial charge in [0.25, 0.3) is 0 Å². The Kier molecular flexibility index (Phi) is 14.6. The molecule has 0 amide bonds. The molecule has 0 radical (unpaired) electrons. The van der Waals surface area contributed by atoms with E-state index in [1.807, 2.05) is 0 Å². The minimum atomic E-state index is -1.83. The van der Waals surface area contributed by atoms with Crippen molar-refractivity contribution >= 4 is 82.1 Å². The molecule has 1 aromatic carbocycles. The van der Waals surface area contributed by atoms with E-state index in [4.69, 9.17) is 47.4 Å². The number of aromatic nitrogens is 1. The van der Waals surface area contributed by atoms with Crippen molar-refractivity contribution in [3.8, 4) is 0 Å². The third kappa shape index (κ3) is 10.8. The second kappa shape index (κ2) is 18.5. The van der Waals surface area contributed by atoms with Crippen molar-refractivity contribution in [3.05, 3.63) is 33.0 Å². The molecule has 3 heterocycles. The van der Waals surface area contributed by atoms with E-state index in [1.165, 1.54) is 3.56 Å². The molecule has 54 heavy (non-hydrogen) atoms. The van der Waals surface area contributed by atoms with Crippen molar-refractivity contribution in [2.24, 2.45) is 0 Å². The zero-order chi connectivity index (χ0) is 40.0. The molecule has 4 rings (SSSR count). The predicted molar refractivity (Wildman–Crippen MR) is 181 cm³/mol. The molecule has 0 N–H and O–H groups in total. The summed E-state index contributed by atoms with van der Waals surface area (Å²) in [5, 5.41) is 0.339. The Morgan fingerprint density at radius 3 is 1.61 bits per heavy atom. The number of esters is 7. The number of carbonyl (C=O) groups is 7. The fourth-order valence-corrected chi connectivity index (χ4v) is 8.40. The quantitative estimate of drug-likeness (QED) is 0.161. The molecule has 1 unspecified atom stereocenters. The SMILES string of the molecule is CC(=O)OC[C@@H]1O[C@H](n2[se]c3ccc(Br)cc3c2=O)[C@@H](OC(C)=O)[C@H](OC(C)=O)[C@@H]1OC1O[C@H](COC(C)=O)[C@H](OC(C)=O)[C@H](OC(C)=O)[C@H]1OC(C)=O. The van der Waals surface area contributed by atoms with Crippen LogP contribution in [0.4, 0.5) is 0 Å². The van der Waals surface area contributed by atoms with Gasteiger partial charge in [-0.05, 0) is 0 Å². The van der Waals surface area contributed by atoms with Crippen LogP contribution in [0.5, 0.6) is 0 Å². The van der Waals surface area contributed by atoms with Crippen LogP contribution in [0.25, 0.3) is 9.65 Å². The first-order valence-electron chi connectivity index (χ1n) is 16.3. The number of ether oxygens (including phenoxy) is 10. The normalized spacial score (nSPS) is 27.9.